The predicted octanol–water partition coefficient (Wildman–Crippen LogP) is 1.72. The van der Waals surface area contributed by atoms with Gasteiger partial charge in [0.15, 0.2) is 0 Å². The third-order valence-electron chi connectivity index (χ3n) is 2.41. The van der Waals surface area contributed by atoms with Gasteiger partial charge < -0.3 is 9.63 Å². The predicted molar refractivity (Wildman–Crippen MR) is 56.1 cm³/mol. The summed E-state index contributed by atoms with van der Waals surface area (Å²) in [5.41, 5.74) is 0. The molecule has 0 aromatic heterocycles. The van der Waals surface area contributed by atoms with Crippen LogP contribution < -0.4 is 5.09 Å². The van der Waals surface area contributed by atoms with Gasteiger partial charge in [0.05, 0.1) is 6.10 Å². The highest BCUT2D eigenvalue weighted by Crippen LogP contribution is 2.52. The number of aliphatic hydroxyl groups excluding tert-OH is 1. The second kappa shape index (κ2) is 4.58. The van der Waals surface area contributed by atoms with E-state index in [1.165, 1.54) is 0 Å². The molecule has 0 bridgehead atoms. The zero-order valence-corrected chi connectivity index (χ0v) is 9.54. The SMILES string of the molecule is C=C[C@@H](C)[C@@H](O)[P@]1(=O)NCC[C@H](C)O1. The minimum Gasteiger partial charge on any atom is -0.381 e. The molecule has 4 nitrogen and oxygen atoms in total. The van der Waals surface area contributed by atoms with Gasteiger partial charge in [0.25, 0.3) is 7.52 Å². The monoisotopic (exact) mass is 219 g/mol. The molecule has 0 unspecified atom stereocenters. The average Bonchev–Trinajstić information content (AvgIpc) is 2.15. The van der Waals surface area contributed by atoms with Gasteiger partial charge in [0.1, 0.15) is 5.85 Å². The van der Waals surface area contributed by atoms with Crippen molar-refractivity contribution in [3.8, 4) is 0 Å². The summed E-state index contributed by atoms with van der Waals surface area (Å²) in [6, 6.07) is 0. The van der Waals surface area contributed by atoms with Crippen LogP contribution in [0.1, 0.15) is 20.3 Å². The van der Waals surface area contributed by atoms with Crippen LogP contribution >= 0.6 is 7.52 Å². The van der Waals surface area contributed by atoms with Gasteiger partial charge in [-0.3, -0.25) is 4.57 Å². The molecule has 1 rings (SSSR count). The molecule has 14 heavy (non-hydrogen) atoms. The number of aliphatic hydroxyl groups is 1. The van der Waals surface area contributed by atoms with E-state index in [2.05, 4.69) is 11.7 Å². The summed E-state index contributed by atoms with van der Waals surface area (Å²) in [5.74, 6) is -1.23. The van der Waals surface area contributed by atoms with Crippen LogP contribution in [0, 0.1) is 5.92 Å². The summed E-state index contributed by atoms with van der Waals surface area (Å²) in [6.07, 6.45) is 2.34. The topological polar surface area (TPSA) is 58.6 Å². The van der Waals surface area contributed by atoms with Crippen molar-refractivity contribution in [3.05, 3.63) is 12.7 Å². The maximum Gasteiger partial charge on any atom is 0.298 e. The van der Waals surface area contributed by atoms with Crippen molar-refractivity contribution in [1.29, 1.82) is 0 Å². The lowest BCUT2D eigenvalue weighted by Gasteiger charge is -2.33. The van der Waals surface area contributed by atoms with Crippen LogP contribution in [-0.4, -0.2) is 23.6 Å². The Morgan fingerprint density at radius 3 is 2.93 bits per heavy atom. The molecule has 4 atom stereocenters. The Balaban J connectivity index is 2.72. The number of hydrogen-bond donors (Lipinski definition) is 2. The molecule has 0 aromatic rings. The lowest BCUT2D eigenvalue weighted by atomic mass is 10.2. The maximum atomic E-state index is 12.1. The molecule has 1 aliphatic rings. The van der Waals surface area contributed by atoms with E-state index in [0.717, 1.165) is 6.42 Å². The molecular formula is C9H18NO3P. The molecular weight excluding hydrogens is 201 g/mol. The van der Waals surface area contributed by atoms with Crippen molar-refractivity contribution >= 4 is 7.52 Å². The van der Waals surface area contributed by atoms with Crippen LogP contribution in [0.15, 0.2) is 12.7 Å². The van der Waals surface area contributed by atoms with E-state index >= 15 is 0 Å². The Labute approximate surface area is 84.9 Å². The Morgan fingerprint density at radius 2 is 2.43 bits per heavy atom. The first-order chi connectivity index (χ1) is 6.49. The van der Waals surface area contributed by atoms with Crippen molar-refractivity contribution in [2.75, 3.05) is 6.54 Å². The van der Waals surface area contributed by atoms with E-state index in [-0.39, 0.29) is 12.0 Å². The summed E-state index contributed by atoms with van der Waals surface area (Å²) in [5, 5.41) is 12.6. The summed E-state index contributed by atoms with van der Waals surface area (Å²) < 4.78 is 17.4. The van der Waals surface area contributed by atoms with E-state index in [1.807, 2.05) is 6.92 Å². The van der Waals surface area contributed by atoms with Gasteiger partial charge >= 0.3 is 0 Å². The molecule has 1 heterocycles. The zero-order chi connectivity index (χ0) is 10.8. The van der Waals surface area contributed by atoms with E-state index in [1.54, 1.807) is 13.0 Å². The minimum absolute atomic E-state index is 0.0613. The molecule has 0 saturated carbocycles. The van der Waals surface area contributed by atoms with Crippen LogP contribution in [0.4, 0.5) is 0 Å². The lowest BCUT2D eigenvalue weighted by Crippen LogP contribution is -2.34. The Bertz CT molecular complexity index is 256. The molecule has 2 N–H and O–H groups in total. The van der Waals surface area contributed by atoms with Gasteiger partial charge in [0, 0.05) is 12.5 Å². The first-order valence-corrected chi connectivity index (χ1v) is 6.53. The fraction of sp³-hybridized carbons (Fsp3) is 0.778. The Kier molecular flexibility index (Phi) is 3.90. The highest BCUT2D eigenvalue weighted by molar-refractivity contribution is 7.57. The van der Waals surface area contributed by atoms with Gasteiger partial charge in [-0.2, -0.15) is 0 Å². The first kappa shape index (κ1) is 11.9. The molecule has 0 radical (unpaired) electrons. The third-order valence-corrected chi connectivity index (χ3v) is 4.91. The molecule has 0 spiro atoms. The number of hydrogen-bond acceptors (Lipinski definition) is 3. The number of nitrogens with one attached hydrogen (secondary N) is 1. The maximum absolute atomic E-state index is 12.1. The van der Waals surface area contributed by atoms with Crippen molar-refractivity contribution in [3.63, 3.8) is 0 Å². The standard InChI is InChI=1S/C9H18NO3P/c1-4-7(2)9(11)14(12)10-6-5-8(3)13-14/h4,7-9,11H,1,5-6H2,2-3H3,(H,10,12)/t7-,8+,9+,14-/m1/s1. The van der Waals surface area contributed by atoms with Crippen molar-refractivity contribution < 1.29 is 14.2 Å². The Morgan fingerprint density at radius 1 is 1.79 bits per heavy atom. The van der Waals surface area contributed by atoms with Gasteiger partial charge in [-0.05, 0) is 13.3 Å². The van der Waals surface area contributed by atoms with E-state index in [0.29, 0.717) is 6.54 Å². The van der Waals surface area contributed by atoms with Crippen molar-refractivity contribution in [2.45, 2.75) is 32.2 Å². The fourth-order valence-electron chi connectivity index (χ4n) is 1.37. The Hall–Kier alpha value is -0.150. The molecule has 1 saturated heterocycles. The highest BCUT2D eigenvalue weighted by Gasteiger charge is 2.39. The molecule has 0 aliphatic carbocycles. The summed E-state index contributed by atoms with van der Waals surface area (Å²) in [4.78, 5) is 0. The van der Waals surface area contributed by atoms with Gasteiger partial charge in [0.2, 0.25) is 0 Å². The van der Waals surface area contributed by atoms with E-state index in [4.69, 9.17) is 4.52 Å². The average molecular weight is 219 g/mol. The van der Waals surface area contributed by atoms with E-state index in [9.17, 15) is 9.67 Å². The van der Waals surface area contributed by atoms with Crippen LogP contribution in [0.5, 0.6) is 0 Å². The quantitative estimate of drug-likeness (QED) is 0.560. The van der Waals surface area contributed by atoms with Gasteiger partial charge in [-0.15, -0.1) is 6.58 Å². The van der Waals surface area contributed by atoms with Crippen LogP contribution in [0.2, 0.25) is 0 Å². The molecule has 5 heteroatoms. The third kappa shape index (κ3) is 2.45. The second-order valence-electron chi connectivity index (χ2n) is 3.72. The second-order valence-corrected chi connectivity index (χ2v) is 5.97. The minimum atomic E-state index is -3.10. The fourth-order valence-corrected chi connectivity index (χ4v) is 3.58. The molecule has 1 fully saturated rings. The van der Waals surface area contributed by atoms with Crippen LogP contribution in [-0.2, 0) is 9.09 Å². The van der Waals surface area contributed by atoms with E-state index < -0.39 is 13.4 Å². The number of rotatable bonds is 3. The van der Waals surface area contributed by atoms with Gasteiger partial charge in [-0.1, -0.05) is 13.0 Å². The molecule has 82 valence electrons. The largest absolute Gasteiger partial charge is 0.381 e. The van der Waals surface area contributed by atoms with Crippen molar-refractivity contribution in [1.82, 2.24) is 5.09 Å². The molecule has 0 amide bonds. The lowest BCUT2D eigenvalue weighted by molar-refractivity contribution is 0.133. The zero-order valence-electron chi connectivity index (χ0n) is 8.64. The van der Waals surface area contributed by atoms with Crippen molar-refractivity contribution in [2.24, 2.45) is 5.92 Å². The van der Waals surface area contributed by atoms with Crippen LogP contribution in [0.25, 0.3) is 0 Å². The summed E-state index contributed by atoms with van der Waals surface area (Å²) in [6.45, 7) is 7.81. The highest BCUT2D eigenvalue weighted by atomic mass is 31.2. The summed E-state index contributed by atoms with van der Waals surface area (Å²) >= 11 is 0. The molecule has 0 aromatic carbocycles. The van der Waals surface area contributed by atoms with Crippen LogP contribution in [0.3, 0.4) is 0 Å². The smallest absolute Gasteiger partial charge is 0.298 e. The normalized spacial score (nSPS) is 37.5. The first-order valence-electron chi connectivity index (χ1n) is 4.83. The van der Waals surface area contributed by atoms with Gasteiger partial charge in [-0.25, -0.2) is 5.09 Å². The summed E-state index contributed by atoms with van der Waals surface area (Å²) in [7, 11) is -3.10. The molecule has 1 aliphatic heterocycles.